The highest BCUT2D eigenvalue weighted by atomic mass is 16.5. The Morgan fingerprint density at radius 3 is 2.92 bits per heavy atom. The van der Waals surface area contributed by atoms with Crippen LogP contribution >= 0.6 is 0 Å². The first kappa shape index (κ1) is 17.1. The van der Waals surface area contributed by atoms with Crippen LogP contribution in [-0.4, -0.2) is 51.6 Å². The maximum Gasteiger partial charge on any atom is 0.0900 e. The van der Waals surface area contributed by atoms with Gasteiger partial charge in [-0.25, -0.2) is 0 Å². The second-order valence-electron chi connectivity index (χ2n) is 6.69. The normalized spacial score (nSPS) is 19.7. The molecule has 5 nitrogen and oxygen atoms in total. The molecule has 0 bridgehead atoms. The molecule has 1 fully saturated rings. The maximum absolute atomic E-state index is 10.3. The Labute approximate surface area is 143 Å². The second-order valence-corrected chi connectivity index (χ2v) is 6.69. The molecule has 1 aliphatic heterocycles. The molecule has 1 aromatic carbocycles. The lowest BCUT2D eigenvalue weighted by atomic mass is 10.2. The number of hydrogen-bond acceptors (Lipinski definition) is 4. The Balaban J connectivity index is 1.42. The van der Waals surface area contributed by atoms with Gasteiger partial charge in [0.05, 0.1) is 32.1 Å². The van der Waals surface area contributed by atoms with E-state index in [1.54, 1.807) is 0 Å². The molecule has 3 rings (SSSR count). The smallest absolute Gasteiger partial charge is 0.0900 e. The van der Waals surface area contributed by atoms with E-state index in [9.17, 15) is 5.11 Å². The van der Waals surface area contributed by atoms with Crippen molar-refractivity contribution in [3.05, 3.63) is 53.9 Å². The third-order valence-corrected chi connectivity index (χ3v) is 4.53. The fourth-order valence-electron chi connectivity index (χ4n) is 3.34. The van der Waals surface area contributed by atoms with Crippen molar-refractivity contribution >= 4 is 0 Å². The van der Waals surface area contributed by atoms with E-state index in [1.165, 1.54) is 12.0 Å². The fourth-order valence-corrected chi connectivity index (χ4v) is 3.34. The molecule has 2 atom stereocenters. The zero-order valence-corrected chi connectivity index (χ0v) is 14.3. The summed E-state index contributed by atoms with van der Waals surface area (Å²) in [5, 5.41) is 14.7. The Hall–Kier alpha value is -1.69. The minimum Gasteiger partial charge on any atom is -0.389 e. The number of aryl methyl sites for hydroxylation is 1. The number of aliphatic hydroxyl groups excluding tert-OH is 1. The molecule has 0 aliphatic carbocycles. The van der Waals surface area contributed by atoms with Gasteiger partial charge in [0.2, 0.25) is 0 Å². The molecule has 0 unspecified atom stereocenters. The number of likely N-dealkylation sites (tertiary alicyclic amines) is 1. The van der Waals surface area contributed by atoms with Crippen LogP contribution in [0.2, 0.25) is 0 Å². The largest absolute Gasteiger partial charge is 0.389 e. The van der Waals surface area contributed by atoms with Crippen LogP contribution in [0, 0.1) is 6.92 Å². The van der Waals surface area contributed by atoms with Crippen LogP contribution in [0.3, 0.4) is 0 Å². The molecule has 1 aromatic heterocycles. The van der Waals surface area contributed by atoms with Crippen molar-refractivity contribution in [3.63, 3.8) is 0 Å². The van der Waals surface area contributed by atoms with Crippen molar-refractivity contribution in [2.45, 2.75) is 45.1 Å². The molecule has 130 valence electrons. The van der Waals surface area contributed by atoms with Gasteiger partial charge in [0, 0.05) is 18.8 Å². The van der Waals surface area contributed by atoms with Crippen LogP contribution in [0.15, 0.2) is 42.7 Å². The minimum absolute atomic E-state index is 0.374. The zero-order chi connectivity index (χ0) is 16.8. The Morgan fingerprint density at radius 2 is 2.17 bits per heavy atom. The van der Waals surface area contributed by atoms with E-state index in [4.69, 9.17) is 4.74 Å². The molecule has 1 saturated heterocycles. The van der Waals surface area contributed by atoms with Crippen molar-refractivity contribution in [1.82, 2.24) is 14.7 Å². The highest BCUT2D eigenvalue weighted by Gasteiger charge is 2.26. The Kier molecular flexibility index (Phi) is 6.01. The molecule has 1 N–H and O–H groups in total. The SMILES string of the molecule is Cc1cnn(C[C@H]2CCCN2C[C@@H](O)COCc2ccccc2)c1. The van der Waals surface area contributed by atoms with Crippen molar-refractivity contribution in [2.24, 2.45) is 0 Å². The zero-order valence-electron chi connectivity index (χ0n) is 14.3. The number of β-amino-alcohol motifs (C(OH)–C–C–N with tert-alkyl or cyclic N) is 1. The summed E-state index contributed by atoms with van der Waals surface area (Å²) in [4.78, 5) is 2.37. The molecule has 0 amide bonds. The highest BCUT2D eigenvalue weighted by Crippen LogP contribution is 2.19. The van der Waals surface area contributed by atoms with E-state index >= 15 is 0 Å². The quantitative estimate of drug-likeness (QED) is 0.807. The first-order valence-corrected chi connectivity index (χ1v) is 8.73. The molecule has 0 radical (unpaired) electrons. The second kappa shape index (κ2) is 8.42. The lowest BCUT2D eigenvalue weighted by Crippen LogP contribution is -2.40. The van der Waals surface area contributed by atoms with E-state index in [-0.39, 0.29) is 0 Å². The molecule has 0 saturated carbocycles. The molecular formula is C19H27N3O2. The lowest BCUT2D eigenvalue weighted by Gasteiger charge is -2.26. The van der Waals surface area contributed by atoms with E-state index in [2.05, 4.69) is 23.1 Å². The summed E-state index contributed by atoms with van der Waals surface area (Å²) in [5.41, 5.74) is 2.33. The number of ether oxygens (including phenoxy) is 1. The molecule has 24 heavy (non-hydrogen) atoms. The predicted molar refractivity (Wildman–Crippen MR) is 93.7 cm³/mol. The van der Waals surface area contributed by atoms with E-state index < -0.39 is 6.10 Å². The van der Waals surface area contributed by atoms with E-state index in [1.807, 2.05) is 41.2 Å². The van der Waals surface area contributed by atoms with Crippen LogP contribution in [0.4, 0.5) is 0 Å². The lowest BCUT2D eigenvalue weighted by molar-refractivity contribution is 0.00666. The summed E-state index contributed by atoms with van der Waals surface area (Å²) in [6.07, 6.45) is 5.87. The van der Waals surface area contributed by atoms with Crippen LogP contribution < -0.4 is 0 Å². The molecule has 1 aliphatic rings. The van der Waals surface area contributed by atoms with Crippen LogP contribution in [-0.2, 0) is 17.9 Å². The number of hydrogen-bond donors (Lipinski definition) is 1. The first-order chi connectivity index (χ1) is 11.7. The molecule has 5 heteroatoms. The maximum atomic E-state index is 10.3. The van der Waals surface area contributed by atoms with Gasteiger partial charge in [-0.3, -0.25) is 9.58 Å². The average molecular weight is 329 g/mol. The molecular weight excluding hydrogens is 302 g/mol. The monoisotopic (exact) mass is 329 g/mol. The first-order valence-electron chi connectivity index (χ1n) is 8.73. The van der Waals surface area contributed by atoms with Crippen LogP contribution in [0.1, 0.15) is 24.0 Å². The van der Waals surface area contributed by atoms with Gasteiger partial charge < -0.3 is 9.84 Å². The van der Waals surface area contributed by atoms with Gasteiger partial charge in [0.1, 0.15) is 0 Å². The van der Waals surface area contributed by atoms with E-state index in [0.29, 0.717) is 25.8 Å². The molecule has 2 aromatic rings. The third kappa shape index (κ3) is 4.90. The van der Waals surface area contributed by atoms with Gasteiger partial charge in [-0.1, -0.05) is 30.3 Å². The number of nitrogens with zero attached hydrogens (tertiary/aromatic N) is 3. The topological polar surface area (TPSA) is 50.5 Å². The van der Waals surface area contributed by atoms with Gasteiger partial charge >= 0.3 is 0 Å². The molecule has 2 heterocycles. The van der Waals surface area contributed by atoms with Crippen molar-refractivity contribution < 1.29 is 9.84 Å². The fraction of sp³-hybridized carbons (Fsp3) is 0.526. The van der Waals surface area contributed by atoms with Gasteiger partial charge in [-0.15, -0.1) is 0 Å². The van der Waals surface area contributed by atoms with Gasteiger partial charge in [0.25, 0.3) is 0 Å². The number of rotatable bonds is 8. The summed E-state index contributed by atoms with van der Waals surface area (Å²) in [7, 11) is 0. The summed E-state index contributed by atoms with van der Waals surface area (Å²) in [5.74, 6) is 0. The number of aliphatic hydroxyl groups is 1. The molecule has 0 spiro atoms. The summed E-state index contributed by atoms with van der Waals surface area (Å²) < 4.78 is 7.66. The summed E-state index contributed by atoms with van der Waals surface area (Å²) in [6.45, 7) is 5.59. The number of aromatic nitrogens is 2. The predicted octanol–water partition coefficient (Wildman–Crippen LogP) is 2.23. The standard InChI is InChI=1S/C19H27N3O2/c1-16-10-20-22(11-16)12-18-8-5-9-21(18)13-19(23)15-24-14-17-6-3-2-4-7-17/h2-4,6-7,10-11,18-19,23H,5,8-9,12-15H2,1H3/t18-,19-/m1/s1. The minimum atomic E-state index is -0.450. The van der Waals surface area contributed by atoms with Crippen LogP contribution in [0.25, 0.3) is 0 Å². The van der Waals surface area contributed by atoms with Crippen molar-refractivity contribution in [2.75, 3.05) is 19.7 Å². The highest BCUT2D eigenvalue weighted by molar-refractivity contribution is 5.13. The number of benzene rings is 1. The van der Waals surface area contributed by atoms with Crippen molar-refractivity contribution in [1.29, 1.82) is 0 Å². The Bertz CT molecular complexity index is 614. The van der Waals surface area contributed by atoms with Gasteiger partial charge in [-0.2, -0.15) is 5.10 Å². The average Bonchev–Trinajstić information content (AvgIpc) is 3.18. The Morgan fingerprint density at radius 1 is 1.33 bits per heavy atom. The summed E-state index contributed by atoms with van der Waals surface area (Å²) in [6, 6.07) is 10.5. The summed E-state index contributed by atoms with van der Waals surface area (Å²) >= 11 is 0. The van der Waals surface area contributed by atoms with Gasteiger partial charge in [-0.05, 0) is 37.4 Å². The third-order valence-electron chi connectivity index (χ3n) is 4.53. The van der Waals surface area contributed by atoms with E-state index in [0.717, 1.165) is 25.1 Å². The van der Waals surface area contributed by atoms with Crippen molar-refractivity contribution in [3.8, 4) is 0 Å². The van der Waals surface area contributed by atoms with Crippen LogP contribution in [0.5, 0.6) is 0 Å². The van der Waals surface area contributed by atoms with Gasteiger partial charge in [0.15, 0.2) is 0 Å².